The average molecular weight is 293 g/mol. The van der Waals surface area contributed by atoms with Gasteiger partial charge in [0, 0.05) is 21.1 Å². The van der Waals surface area contributed by atoms with Crippen molar-refractivity contribution < 1.29 is 21.1 Å². The summed E-state index contributed by atoms with van der Waals surface area (Å²) in [7, 11) is 0. The molecule has 0 N–H and O–H groups in total. The fraction of sp³-hybridized carbons (Fsp3) is 0.714. The number of hydrogen-bond acceptors (Lipinski definition) is 0. The minimum atomic E-state index is 0. The third-order valence-corrected chi connectivity index (χ3v) is 0.757. The molecule has 0 nitrogen and oxygen atoms in total. The Hall–Kier alpha value is 0.428. The summed E-state index contributed by atoms with van der Waals surface area (Å²) in [5.74, 6) is 0. The van der Waals surface area contributed by atoms with Gasteiger partial charge in [-0.25, -0.2) is 0 Å². The topological polar surface area (TPSA) is 0 Å². The average Bonchev–Trinajstić information content (AvgIpc) is 1.30. The van der Waals surface area contributed by atoms with Crippen molar-refractivity contribution in [2.75, 3.05) is 0 Å². The molecule has 0 atom stereocenters. The molecule has 0 aromatic heterocycles. The normalized spacial score (nSPS) is 9.88. The molecule has 0 unspecified atom stereocenters. The van der Waals surface area contributed by atoms with Gasteiger partial charge in [-0.1, -0.05) is 26.8 Å². The van der Waals surface area contributed by atoms with Crippen molar-refractivity contribution in [1.29, 1.82) is 0 Å². The van der Waals surface area contributed by atoms with Gasteiger partial charge in [-0.3, -0.25) is 0 Å². The van der Waals surface area contributed by atoms with Crippen LogP contribution in [-0.4, -0.2) is 0 Å². The predicted molar refractivity (Wildman–Crippen MR) is 34.3 cm³/mol. The number of allylic oxidation sites excluding steroid dienone is 1. The summed E-state index contributed by atoms with van der Waals surface area (Å²) in [5, 5.41) is 0. The van der Waals surface area contributed by atoms with E-state index in [1.54, 1.807) is 0 Å². The van der Waals surface area contributed by atoms with E-state index in [0.29, 0.717) is 5.41 Å². The van der Waals surface area contributed by atoms with E-state index < -0.39 is 0 Å². The molecule has 0 amide bonds. The molecule has 0 aromatic rings. The van der Waals surface area contributed by atoms with E-state index >= 15 is 0 Å². The zero-order chi connectivity index (χ0) is 5.91. The molecule has 1 heteroatoms. The minimum absolute atomic E-state index is 0. The van der Waals surface area contributed by atoms with Gasteiger partial charge in [0.15, 0.2) is 0 Å². The quantitative estimate of drug-likeness (QED) is 0.652. The summed E-state index contributed by atoms with van der Waals surface area (Å²) in [5.41, 5.74) is 0.432. The second-order valence-corrected chi connectivity index (χ2v) is 3.05. The Morgan fingerprint density at radius 3 is 1.75 bits per heavy atom. The minimum Gasteiger partial charge on any atom is -0.103 e. The van der Waals surface area contributed by atoms with Gasteiger partial charge < -0.3 is 0 Å². The van der Waals surface area contributed by atoms with E-state index in [1.807, 2.05) is 6.08 Å². The third-order valence-electron chi connectivity index (χ3n) is 0.757. The molecular formula is C7H14Pt. The van der Waals surface area contributed by atoms with Crippen LogP contribution < -0.4 is 0 Å². The maximum Gasteiger partial charge on any atom is 0 e. The van der Waals surface area contributed by atoms with Crippen LogP contribution in [0.1, 0.15) is 27.2 Å². The van der Waals surface area contributed by atoms with Crippen molar-refractivity contribution in [1.82, 2.24) is 0 Å². The first-order valence-electron chi connectivity index (χ1n) is 2.67. The van der Waals surface area contributed by atoms with Gasteiger partial charge in [-0.05, 0) is 11.8 Å². The van der Waals surface area contributed by atoms with Gasteiger partial charge in [0.1, 0.15) is 0 Å². The molecule has 0 heterocycles. The van der Waals surface area contributed by atoms with Gasteiger partial charge >= 0.3 is 0 Å². The molecule has 0 aliphatic carbocycles. The fourth-order valence-electron chi connectivity index (χ4n) is 0.433. The first kappa shape index (κ1) is 11.3. The molecule has 0 spiro atoms. The molecule has 0 aliphatic rings. The molecule has 0 aromatic carbocycles. The van der Waals surface area contributed by atoms with E-state index in [2.05, 4.69) is 27.4 Å². The van der Waals surface area contributed by atoms with Crippen molar-refractivity contribution in [3.8, 4) is 0 Å². The van der Waals surface area contributed by atoms with Crippen molar-refractivity contribution in [2.45, 2.75) is 27.2 Å². The third kappa shape index (κ3) is 9.66. The van der Waals surface area contributed by atoms with Crippen molar-refractivity contribution >= 4 is 0 Å². The Bertz CT molecular complexity index is 59.3. The van der Waals surface area contributed by atoms with Crippen LogP contribution in [0.3, 0.4) is 0 Å². The summed E-state index contributed by atoms with van der Waals surface area (Å²) in [4.78, 5) is 0. The SMILES string of the molecule is C=CCC(C)(C)C.[Pt]. The zero-order valence-corrected chi connectivity index (χ0v) is 8.08. The molecular weight excluding hydrogens is 279 g/mol. The van der Waals surface area contributed by atoms with Gasteiger partial charge in [0.25, 0.3) is 0 Å². The maximum atomic E-state index is 3.65. The van der Waals surface area contributed by atoms with E-state index in [4.69, 9.17) is 0 Å². The second kappa shape index (κ2) is 4.32. The summed E-state index contributed by atoms with van der Waals surface area (Å²) in [6.45, 7) is 10.3. The number of hydrogen-bond donors (Lipinski definition) is 0. The Kier molecular flexibility index (Phi) is 6.08. The van der Waals surface area contributed by atoms with Crippen LogP contribution in [0.4, 0.5) is 0 Å². The molecule has 0 fully saturated rings. The van der Waals surface area contributed by atoms with E-state index in [1.165, 1.54) is 0 Å². The van der Waals surface area contributed by atoms with Crippen LogP contribution in [0.5, 0.6) is 0 Å². The Morgan fingerprint density at radius 1 is 1.38 bits per heavy atom. The molecule has 0 rings (SSSR count). The molecule has 0 aliphatic heterocycles. The van der Waals surface area contributed by atoms with Gasteiger partial charge in [-0.15, -0.1) is 6.58 Å². The van der Waals surface area contributed by atoms with Crippen LogP contribution in [0, 0.1) is 5.41 Å². The Labute approximate surface area is 66.6 Å². The van der Waals surface area contributed by atoms with Gasteiger partial charge in [0.2, 0.25) is 0 Å². The zero-order valence-electron chi connectivity index (χ0n) is 5.81. The monoisotopic (exact) mass is 293 g/mol. The smallest absolute Gasteiger partial charge is 0 e. The fourth-order valence-corrected chi connectivity index (χ4v) is 0.433. The molecule has 0 bridgehead atoms. The Balaban J connectivity index is 0. The van der Waals surface area contributed by atoms with Crippen LogP contribution in [0.2, 0.25) is 0 Å². The number of rotatable bonds is 1. The van der Waals surface area contributed by atoms with Crippen molar-refractivity contribution in [2.24, 2.45) is 5.41 Å². The molecule has 0 radical (unpaired) electrons. The van der Waals surface area contributed by atoms with E-state index in [9.17, 15) is 0 Å². The van der Waals surface area contributed by atoms with Crippen molar-refractivity contribution in [3.05, 3.63) is 12.7 Å². The first-order valence-corrected chi connectivity index (χ1v) is 2.67. The molecule has 8 heavy (non-hydrogen) atoms. The molecule has 0 saturated heterocycles. The Morgan fingerprint density at radius 2 is 1.75 bits per heavy atom. The summed E-state index contributed by atoms with van der Waals surface area (Å²) in [6.07, 6.45) is 3.06. The van der Waals surface area contributed by atoms with Gasteiger partial charge in [0.05, 0.1) is 0 Å². The van der Waals surface area contributed by atoms with Gasteiger partial charge in [-0.2, -0.15) is 0 Å². The van der Waals surface area contributed by atoms with E-state index in [-0.39, 0.29) is 21.1 Å². The summed E-state index contributed by atoms with van der Waals surface area (Å²) >= 11 is 0. The van der Waals surface area contributed by atoms with Crippen LogP contribution >= 0.6 is 0 Å². The van der Waals surface area contributed by atoms with Crippen LogP contribution in [-0.2, 0) is 21.1 Å². The second-order valence-electron chi connectivity index (χ2n) is 3.05. The molecule has 52 valence electrons. The summed E-state index contributed by atoms with van der Waals surface area (Å²) in [6, 6.07) is 0. The van der Waals surface area contributed by atoms with E-state index in [0.717, 1.165) is 6.42 Å². The van der Waals surface area contributed by atoms with Crippen molar-refractivity contribution in [3.63, 3.8) is 0 Å². The summed E-state index contributed by atoms with van der Waals surface area (Å²) < 4.78 is 0. The van der Waals surface area contributed by atoms with Crippen LogP contribution in [0.15, 0.2) is 12.7 Å². The predicted octanol–water partition coefficient (Wildman–Crippen LogP) is 2.61. The maximum absolute atomic E-state index is 3.65. The van der Waals surface area contributed by atoms with Crippen LogP contribution in [0.25, 0.3) is 0 Å². The first-order chi connectivity index (χ1) is 3.06. The standard InChI is InChI=1S/C7H14.Pt/c1-5-6-7(2,3)4;/h5H,1,6H2,2-4H3;. The molecule has 0 saturated carbocycles. The largest absolute Gasteiger partial charge is 0.103 e.